The maximum Gasteiger partial charge on any atom is 0.105 e. The zero-order valence-electron chi connectivity index (χ0n) is 12.3. The summed E-state index contributed by atoms with van der Waals surface area (Å²) >= 11 is 0. The van der Waals surface area contributed by atoms with Crippen molar-refractivity contribution in [2.75, 3.05) is 0 Å². The van der Waals surface area contributed by atoms with E-state index < -0.39 is 0 Å². The van der Waals surface area contributed by atoms with E-state index in [1.165, 1.54) is 42.2 Å². The number of aryl methyl sites for hydroxylation is 3. The first kappa shape index (κ1) is 12.2. The highest BCUT2D eigenvalue weighted by Gasteiger charge is 2.27. The second-order valence-corrected chi connectivity index (χ2v) is 6.50. The normalized spacial score (nSPS) is 22.0. The Morgan fingerprint density at radius 1 is 1.30 bits per heavy atom. The number of hydrogen-bond acceptors (Lipinski definition) is 2. The zero-order valence-corrected chi connectivity index (χ0v) is 12.3. The minimum Gasteiger partial charge on any atom is -0.337 e. The summed E-state index contributed by atoms with van der Waals surface area (Å²) < 4.78 is 4.57. The lowest BCUT2D eigenvalue weighted by atomic mass is 9.89. The number of hydrogen-bond donors (Lipinski definition) is 0. The van der Waals surface area contributed by atoms with Crippen molar-refractivity contribution in [2.24, 2.45) is 13.0 Å². The fourth-order valence-corrected chi connectivity index (χ4v) is 3.42. The van der Waals surface area contributed by atoms with Crippen LogP contribution in [0.25, 0.3) is 0 Å². The molecule has 0 bridgehead atoms. The van der Waals surface area contributed by atoms with Crippen molar-refractivity contribution in [3.05, 3.63) is 35.4 Å². The first-order valence-corrected chi connectivity index (χ1v) is 7.73. The number of imidazole rings is 2. The van der Waals surface area contributed by atoms with E-state index in [0.717, 1.165) is 31.2 Å². The molecular weight excluding hydrogens is 248 g/mol. The highest BCUT2D eigenvalue weighted by molar-refractivity contribution is 5.18. The average Bonchev–Trinajstić information content (AvgIpc) is 3.15. The zero-order chi connectivity index (χ0) is 13.7. The van der Waals surface area contributed by atoms with Crippen LogP contribution in [0, 0.1) is 12.8 Å². The number of nitrogens with zero attached hydrogens (tertiary/aromatic N) is 4. The highest BCUT2D eigenvalue weighted by Crippen LogP contribution is 2.39. The summed E-state index contributed by atoms with van der Waals surface area (Å²) in [5, 5.41) is 0. The van der Waals surface area contributed by atoms with E-state index in [-0.39, 0.29) is 0 Å². The van der Waals surface area contributed by atoms with Crippen LogP contribution < -0.4 is 0 Å². The Labute approximate surface area is 119 Å². The van der Waals surface area contributed by atoms with Crippen molar-refractivity contribution < 1.29 is 0 Å². The molecule has 4 heteroatoms. The summed E-state index contributed by atoms with van der Waals surface area (Å²) in [6, 6.07) is 0. The van der Waals surface area contributed by atoms with Crippen LogP contribution in [-0.2, 0) is 26.4 Å². The Kier molecular flexibility index (Phi) is 2.72. The summed E-state index contributed by atoms with van der Waals surface area (Å²) in [7, 11) is 2.11. The fourth-order valence-electron chi connectivity index (χ4n) is 3.42. The van der Waals surface area contributed by atoms with Gasteiger partial charge in [-0.1, -0.05) is 0 Å². The summed E-state index contributed by atoms with van der Waals surface area (Å²) in [5.74, 6) is 2.66. The molecule has 1 fully saturated rings. The van der Waals surface area contributed by atoms with Gasteiger partial charge in [0.1, 0.15) is 5.82 Å². The maximum absolute atomic E-state index is 4.74. The van der Waals surface area contributed by atoms with Gasteiger partial charge in [-0.15, -0.1) is 0 Å². The van der Waals surface area contributed by atoms with E-state index in [4.69, 9.17) is 4.98 Å². The average molecular weight is 270 g/mol. The van der Waals surface area contributed by atoms with Crippen molar-refractivity contribution in [3.63, 3.8) is 0 Å². The third-order valence-corrected chi connectivity index (χ3v) is 4.86. The van der Waals surface area contributed by atoms with Crippen LogP contribution in [0.1, 0.15) is 48.1 Å². The molecule has 0 saturated heterocycles. The SMILES string of the molecule is Cc1nc(C2CC2)cn1CC1CCc2ncn(C)c2C1. The molecule has 0 N–H and O–H groups in total. The Morgan fingerprint density at radius 2 is 2.15 bits per heavy atom. The summed E-state index contributed by atoms with van der Waals surface area (Å²) in [4.78, 5) is 9.23. The Balaban J connectivity index is 1.51. The van der Waals surface area contributed by atoms with Gasteiger partial charge in [0.2, 0.25) is 0 Å². The maximum atomic E-state index is 4.74. The molecule has 1 atom stereocenters. The summed E-state index contributed by atoms with van der Waals surface area (Å²) in [5.41, 5.74) is 4.06. The van der Waals surface area contributed by atoms with E-state index >= 15 is 0 Å². The molecule has 1 saturated carbocycles. The minimum absolute atomic E-state index is 0.720. The largest absolute Gasteiger partial charge is 0.337 e. The Hall–Kier alpha value is -1.58. The summed E-state index contributed by atoms with van der Waals surface area (Å²) in [6.45, 7) is 3.25. The second-order valence-electron chi connectivity index (χ2n) is 6.50. The van der Waals surface area contributed by atoms with E-state index in [2.05, 4.69) is 34.3 Å². The van der Waals surface area contributed by atoms with Crippen LogP contribution >= 0.6 is 0 Å². The van der Waals surface area contributed by atoms with Crippen LogP contribution in [0.2, 0.25) is 0 Å². The molecule has 2 heterocycles. The molecule has 0 aromatic carbocycles. The number of fused-ring (bicyclic) bond motifs is 1. The van der Waals surface area contributed by atoms with Crippen LogP contribution in [0.15, 0.2) is 12.5 Å². The topological polar surface area (TPSA) is 35.6 Å². The summed E-state index contributed by atoms with van der Waals surface area (Å²) in [6.07, 6.45) is 10.5. The highest BCUT2D eigenvalue weighted by atomic mass is 15.1. The molecule has 0 aliphatic heterocycles. The molecule has 1 unspecified atom stereocenters. The van der Waals surface area contributed by atoms with Gasteiger partial charge < -0.3 is 9.13 Å². The van der Waals surface area contributed by atoms with Crippen molar-refractivity contribution in [2.45, 2.75) is 51.5 Å². The van der Waals surface area contributed by atoms with Crippen molar-refractivity contribution in [1.29, 1.82) is 0 Å². The smallest absolute Gasteiger partial charge is 0.105 e. The second kappa shape index (κ2) is 4.47. The third-order valence-electron chi connectivity index (χ3n) is 4.86. The van der Waals surface area contributed by atoms with Crippen LogP contribution in [-0.4, -0.2) is 19.1 Å². The van der Waals surface area contributed by atoms with Gasteiger partial charge in [-0.3, -0.25) is 0 Å². The van der Waals surface area contributed by atoms with Gasteiger partial charge in [0.15, 0.2) is 0 Å². The van der Waals surface area contributed by atoms with Gasteiger partial charge in [-0.25, -0.2) is 9.97 Å². The molecular formula is C16H22N4. The molecule has 106 valence electrons. The van der Waals surface area contributed by atoms with Crippen molar-refractivity contribution in [1.82, 2.24) is 19.1 Å². The quantitative estimate of drug-likeness (QED) is 0.859. The van der Waals surface area contributed by atoms with Gasteiger partial charge in [0.05, 0.1) is 17.7 Å². The molecule has 2 aromatic heterocycles. The van der Waals surface area contributed by atoms with Crippen LogP contribution in [0.5, 0.6) is 0 Å². The predicted molar refractivity (Wildman–Crippen MR) is 77.7 cm³/mol. The Bertz CT molecular complexity index is 633. The molecule has 0 amide bonds. The van der Waals surface area contributed by atoms with Gasteiger partial charge in [0.25, 0.3) is 0 Å². The monoisotopic (exact) mass is 270 g/mol. The molecule has 0 radical (unpaired) electrons. The molecule has 4 rings (SSSR count). The number of aromatic nitrogens is 4. The van der Waals surface area contributed by atoms with E-state index in [1.807, 2.05) is 6.33 Å². The lowest BCUT2D eigenvalue weighted by Gasteiger charge is -2.23. The number of rotatable bonds is 3. The standard InChI is InChI=1S/C16H22N4/c1-11-18-15(13-4-5-13)9-20(11)8-12-3-6-14-16(7-12)19(2)10-17-14/h9-10,12-13H,3-8H2,1-2H3. The molecule has 2 aliphatic carbocycles. The van der Waals surface area contributed by atoms with Gasteiger partial charge >= 0.3 is 0 Å². The van der Waals surface area contributed by atoms with Crippen LogP contribution in [0.4, 0.5) is 0 Å². The fraction of sp³-hybridized carbons (Fsp3) is 0.625. The van der Waals surface area contributed by atoms with Crippen molar-refractivity contribution in [3.8, 4) is 0 Å². The lowest BCUT2D eigenvalue weighted by Crippen LogP contribution is -2.21. The molecule has 2 aromatic rings. The molecule has 0 spiro atoms. The van der Waals surface area contributed by atoms with Gasteiger partial charge in [0, 0.05) is 31.4 Å². The van der Waals surface area contributed by atoms with E-state index in [1.54, 1.807) is 0 Å². The van der Waals surface area contributed by atoms with E-state index in [0.29, 0.717) is 0 Å². The minimum atomic E-state index is 0.720. The molecule has 4 nitrogen and oxygen atoms in total. The van der Waals surface area contributed by atoms with Crippen LogP contribution in [0.3, 0.4) is 0 Å². The molecule has 20 heavy (non-hydrogen) atoms. The molecule has 2 aliphatic rings. The van der Waals surface area contributed by atoms with Gasteiger partial charge in [-0.2, -0.15) is 0 Å². The Morgan fingerprint density at radius 3 is 2.95 bits per heavy atom. The lowest BCUT2D eigenvalue weighted by molar-refractivity contribution is 0.381. The third kappa shape index (κ3) is 2.07. The van der Waals surface area contributed by atoms with Gasteiger partial charge in [-0.05, 0) is 44.9 Å². The van der Waals surface area contributed by atoms with Crippen molar-refractivity contribution >= 4 is 0 Å². The predicted octanol–water partition coefficient (Wildman–Crippen LogP) is 2.61. The van der Waals surface area contributed by atoms with E-state index in [9.17, 15) is 0 Å². The first-order chi connectivity index (χ1) is 9.70. The first-order valence-electron chi connectivity index (χ1n) is 7.73.